The number of benzene rings is 3. The topological polar surface area (TPSA) is 99.0 Å². The molecule has 0 aromatic heterocycles. The van der Waals surface area contributed by atoms with Crippen molar-refractivity contribution in [2.24, 2.45) is 0 Å². The third-order valence-corrected chi connectivity index (χ3v) is 6.28. The Hall–Kier alpha value is -3.59. The largest absolute Gasteiger partial charge is 0.497 e. The molecule has 0 amide bonds. The van der Waals surface area contributed by atoms with Crippen LogP contribution in [0.15, 0.2) is 77.7 Å². The molecule has 3 rings (SSSR count). The lowest BCUT2D eigenvalue weighted by Crippen LogP contribution is -2.31. The number of sulfonamides is 1. The fraction of sp³-hybridized carbons (Fsp3) is 0.143. The van der Waals surface area contributed by atoms with E-state index in [0.29, 0.717) is 11.4 Å². The van der Waals surface area contributed by atoms with Gasteiger partial charge in [0.1, 0.15) is 11.5 Å². The lowest BCUT2D eigenvalue weighted by atomic mass is 10.2. The molecule has 156 valence electrons. The van der Waals surface area contributed by atoms with Crippen LogP contribution in [0.3, 0.4) is 0 Å². The summed E-state index contributed by atoms with van der Waals surface area (Å²) < 4.78 is 38.4. The number of nitrogens with zero attached hydrogens (tertiary/aromatic N) is 2. The highest BCUT2D eigenvalue weighted by atomic mass is 32.2. The van der Waals surface area contributed by atoms with E-state index in [1.165, 1.54) is 26.4 Å². The van der Waals surface area contributed by atoms with E-state index in [4.69, 9.17) is 9.47 Å². The van der Waals surface area contributed by atoms with Crippen molar-refractivity contribution in [1.29, 1.82) is 0 Å². The molecule has 0 aliphatic carbocycles. The molecule has 0 aliphatic rings. The van der Waals surface area contributed by atoms with Crippen molar-refractivity contribution >= 4 is 21.4 Å². The normalized spacial score (nSPS) is 11.0. The highest BCUT2D eigenvalue weighted by Crippen LogP contribution is 2.34. The minimum absolute atomic E-state index is 0.00130. The third kappa shape index (κ3) is 4.36. The van der Waals surface area contributed by atoms with E-state index in [1.807, 2.05) is 6.07 Å². The average molecular weight is 428 g/mol. The quantitative estimate of drug-likeness (QED) is 0.397. The summed E-state index contributed by atoms with van der Waals surface area (Å²) in [7, 11) is -1.42. The standard InChI is InChI=1S/C21H20N2O6S/c1-28-18-10-8-17(9-11-18)22(15-16-6-4-3-5-7-16)30(26,27)21-13-12-19(29-2)14-20(21)23(24)25/h3-14H,15H2,1-2H3. The van der Waals surface area contributed by atoms with Gasteiger partial charge in [0.25, 0.3) is 15.7 Å². The van der Waals surface area contributed by atoms with E-state index in [1.54, 1.807) is 48.5 Å². The Balaban J connectivity index is 2.15. The highest BCUT2D eigenvalue weighted by molar-refractivity contribution is 7.93. The maximum atomic E-state index is 13.6. The summed E-state index contributed by atoms with van der Waals surface area (Å²) in [6.45, 7) is -0.00130. The van der Waals surface area contributed by atoms with Crippen LogP contribution >= 0.6 is 0 Å². The van der Waals surface area contributed by atoms with E-state index in [-0.39, 0.29) is 12.3 Å². The molecular weight excluding hydrogens is 408 g/mol. The molecule has 9 heteroatoms. The van der Waals surface area contributed by atoms with Gasteiger partial charge < -0.3 is 9.47 Å². The molecule has 30 heavy (non-hydrogen) atoms. The molecule has 0 heterocycles. The number of ether oxygens (including phenoxy) is 2. The van der Waals surface area contributed by atoms with Crippen molar-refractivity contribution in [1.82, 2.24) is 0 Å². The fourth-order valence-corrected chi connectivity index (χ4v) is 4.51. The minimum atomic E-state index is -4.28. The van der Waals surface area contributed by atoms with Crippen molar-refractivity contribution in [3.8, 4) is 11.5 Å². The molecule has 0 radical (unpaired) electrons. The smallest absolute Gasteiger partial charge is 0.293 e. The first-order chi connectivity index (χ1) is 14.4. The molecule has 0 saturated carbocycles. The zero-order chi connectivity index (χ0) is 21.7. The predicted molar refractivity (Wildman–Crippen MR) is 112 cm³/mol. The van der Waals surface area contributed by atoms with E-state index < -0.39 is 25.5 Å². The van der Waals surface area contributed by atoms with Gasteiger partial charge in [-0.05, 0) is 42.0 Å². The molecule has 0 saturated heterocycles. The van der Waals surface area contributed by atoms with Crippen LogP contribution in [0, 0.1) is 10.1 Å². The van der Waals surface area contributed by atoms with E-state index in [9.17, 15) is 18.5 Å². The molecule has 0 spiro atoms. The summed E-state index contributed by atoms with van der Waals surface area (Å²) in [5.74, 6) is 0.756. The predicted octanol–water partition coefficient (Wildman–Crippen LogP) is 4.01. The summed E-state index contributed by atoms with van der Waals surface area (Å²) in [5.41, 5.74) is 0.527. The molecule has 0 fully saturated rings. The second-order valence-corrected chi connectivity index (χ2v) is 8.12. The molecule has 0 bridgehead atoms. The van der Waals surface area contributed by atoms with Crippen molar-refractivity contribution in [3.63, 3.8) is 0 Å². The number of nitro groups is 1. The lowest BCUT2D eigenvalue weighted by molar-refractivity contribution is -0.387. The number of rotatable bonds is 8. The van der Waals surface area contributed by atoms with Crippen LogP contribution in [0.1, 0.15) is 5.56 Å². The van der Waals surface area contributed by atoms with Crippen LogP contribution in [-0.4, -0.2) is 27.6 Å². The number of hydrogen-bond donors (Lipinski definition) is 0. The Morgan fingerprint density at radius 3 is 2.07 bits per heavy atom. The molecule has 0 atom stereocenters. The van der Waals surface area contributed by atoms with E-state index in [0.717, 1.165) is 15.9 Å². The first kappa shape index (κ1) is 21.1. The molecule has 0 unspecified atom stereocenters. The van der Waals surface area contributed by atoms with Crippen LogP contribution in [0.4, 0.5) is 11.4 Å². The summed E-state index contributed by atoms with van der Waals surface area (Å²) >= 11 is 0. The van der Waals surface area contributed by atoms with Gasteiger partial charge in [-0.3, -0.25) is 14.4 Å². The fourth-order valence-electron chi connectivity index (χ4n) is 2.92. The maximum Gasteiger partial charge on any atom is 0.293 e. The number of hydrogen-bond acceptors (Lipinski definition) is 6. The average Bonchev–Trinajstić information content (AvgIpc) is 2.77. The lowest BCUT2D eigenvalue weighted by Gasteiger charge is -2.25. The Morgan fingerprint density at radius 2 is 1.50 bits per heavy atom. The minimum Gasteiger partial charge on any atom is -0.497 e. The SMILES string of the molecule is COc1ccc(N(Cc2ccccc2)S(=O)(=O)c2ccc(OC)cc2[N+](=O)[O-])cc1. The zero-order valence-corrected chi connectivity index (χ0v) is 17.2. The summed E-state index contributed by atoms with van der Waals surface area (Å²) in [5, 5.41) is 11.6. The number of anilines is 1. The van der Waals surface area contributed by atoms with Crippen LogP contribution in [0.5, 0.6) is 11.5 Å². The Kier molecular flexibility index (Phi) is 6.22. The summed E-state index contributed by atoms with van der Waals surface area (Å²) in [6, 6.07) is 19.1. The van der Waals surface area contributed by atoms with Crippen molar-refractivity contribution in [2.45, 2.75) is 11.4 Å². The van der Waals surface area contributed by atoms with Gasteiger partial charge in [0, 0.05) is 0 Å². The van der Waals surface area contributed by atoms with Crippen LogP contribution in [-0.2, 0) is 16.6 Å². The van der Waals surface area contributed by atoms with Gasteiger partial charge in [0.15, 0.2) is 4.90 Å². The van der Waals surface area contributed by atoms with Crippen molar-refractivity contribution in [3.05, 3.63) is 88.5 Å². The van der Waals surface area contributed by atoms with Gasteiger partial charge in [-0.1, -0.05) is 30.3 Å². The Morgan fingerprint density at radius 1 is 0.900 bits per heavy atom. The van der Waals surface area contributed by atoms with E-state index in [2.05, 4.69) is 0 Å². The highest BCUT2D eigenvalue weighted by Gasteiger charge is 2.32. The van der Waals surface area contributed by atoms with Gasteiger partial charge in [-0.15, -0.1) is 0 Å². The number of methoxy groups -OCH3 is 2. The first-order valence-corrected chi connectivity index (χ1v) is 10.3. The van der Waals surface area contributed by atoms with Gasteiger partial charge >= 0.3 is 0 Å². The van der Waals surface area contributed by atoms with Crippen molar-refractivity contribution in [2.75, 3.05) is 18.5 Å². The maximum absolute atomic E-state index is 13.6. The van der Waals surface area contributed by atoms with Gasteiger partial charge in [0.05, 0.1) is 37.4 Å². The molecular formula is C21H20N2O6S. The second kappa shape index (κ2) is 8.83. The zero-order valence-electron chi connectivity index (χ0n) is 16.4. The second-order valence-electron chi connectivity index (χ2n) is 6.29. The Labute approximate surface area is 174 Å². The van der Waals surface area contributed by atoms with Gasteiger partial charge in [-0.2, -0.15) is 0 Å². The van der Waals surface area contributed by atoms with Crippen molar-refractivity contribution < 1.29 is 22.8 Å². The van der Waals surface area contributed by atoms with Gasteiger partial charge in [-0.25, -0.2) is 8.42 Å². The van der Waals surface area contributed by atoms with Gasteiger partial charge in [0.2, 0.25) is 0 Å². The molecule has 3 aromatic rings. The Bertz CT molecular complexity index is 1130. The van der Waals surface area contributed by atoms with Crippen LogP contribution < -0.4 is 13.8 Å². The molecule has 3 aromatic carbocycles. The number of nitro benzene ring substituents is 1. The third-order valence-electron chi connectivity index (χ3n) is 4.46. The summed E-state index contributed by atoms with van der Waals surface area (Å²) in [4.78, 5) is 10.4. The summed E-state index contributed by atoms with van der Waals surface area (Å²) in [6.07, 6.45) is 0. The molecule has 8 nitrogen and oxygen atoms in total. The molecule has 0 N–H and O–H groups in total. The first-order valence-electron chi connectivity index (χ1n) is 8.90. The van der Waals surface area contributed by atoms with E-state index >= 15 is 0 Å². The van der Waals surface area contributed by atoms with Crippen LogP contribution in [0.2, 0.25) is 0 Å². The molecule has 0 aliphatic heterocycles. The monoisotopic (exact) mass is 428 g/mol. The van der Waals surface area contributed by atoms with Crippen LogP contribution in [0.25, 0.3) is 0 Å².